The molecule has 3 aromatic rings. The van der Waals surface area contributed by atoms with Crippen LogP contribution < -0.4 is 16.2 Å². The summed E-state index contributed by atoms with van der Waals surface area (Å²) in [5.41, 5.74) is 4.97. The zero-order valence-electron chi connectivity index (χ0n) is 20.5. The minimum Gasteiger partial charge on any atom is -0.374 e. The van der Waals surface area contributed by atoms with Gasteiger partial charge in [-0.3, -0.25) is 19.4 Å². The summed E-state index contributed by atoms with van der Waals surface area (Å²) in [7, 11) is 0. The highest BCUT2D eigenvalue weighted by atomic mass is 35.5. The molecule has 0 unspecified atom stereocenters. The van der Waals surface area contributed by atoms with Crippen LogP contribution in [0.1, 0.15) is 41.4 Å². The van der Waals surface area contributed by atoms with Crippen LogP contribution in [0.25, 0.3) is 11.1 Å². The molecule has 9 heteroatoms. The van der Waals surface area contributed by atoms with Gasteiger partial charge in [-0.15, -0.1) is 12.4 Å². The first kappa shape index (κ1) is 26.7. The lowest BCUT2D eigenvalue weighted by Crippen LogP contribution is -2.56. The van der Waals surface area contributed by atoms with E-state index in [9.17, 15) is 14.4 Å². The number of hydrogen-bond donors (Lipinski definition) is 3. The van der Waals surface area contributed by atoms with Crippen LogP contribution >= 0.6 is 12.4 Å². The first-order valence-electron chi connectivity index (χ1n) is 11.5. The van der Waals surface area contributed by atoms with Gasteiger partial charge in [0.05, 0.1) is 6.04 Å². The third-order valence-electron chi connectivity index (χ3n) is 6.11. The molecule has 1 aliphatic heterocycles. The van der Waals surface area contributed by atoms with Crippen LogP contribution in [0.5, 0.6) is 0 Å². The highest BCUT2D eigenvalue weighted by Gasteiger charge is 2.29. The molecule has 2 aromatic heterocycles. The van der Waals surface area contributed by atoms with Crippen molar-refractivity contribution in [3.8, 4) is 11.1 Å². The fraction of sp³-hybridized carbons (Fsp3) is 0.259. The molecule has 0 spiro atoms. The van der Waals surface area contributed by atoms with Crippen molar-refractivity contribution in [2.24, 2.45) is 0 Å². The number of aryl methyl sites for hydroxylation is 1. The first-order valence-corrected chi connectivity index (χ1v) is 11.5. The summed E-state index contributed by atoms with van der Waals surface area (Å²) in [4.78, 5) is 45.4. The molecule has 1 aliphatic rings. The molecule has 3 heterocycles. The van der Waals surface area contributed by atoms with E-state index < -0.39 is 0 Å². The number of hydrogen-bond acceptors (Lipinski definition) is 5. The average Bonchev–Trinajstić information content (AvgIpc) is 2.81. The van der Waals surface area contributed by atoms with Crippen LogP contribution in [0.4, 0.5) is 11.4 Å². The van der Waals surface area contributed by atoms with E-state index >= 15 is 0 Å². The number of halogens is 1. The van der Waals surface area contributed by atoms with Gasteiger partial charge in [-0.25, -0.2) is 0 Å². The van der Waals surface area contributed by atoms with Crippen molar-refractivity contribution in [3.63, 3.8) is 0 Å². The summed E-state index contributed by atoms with van der Waals surface area (Å²) in [5, 5.41) is 6.10. The van der Waals surface area contributed by atoms with E-state index in [4.69, 9.17) is 0 Å². The van der Waals surface area contributed by atoms with E-state index in [0.29, 0.717) is 30.4 Å². The summed E-state index contributed by atoms with van der Waals surface area (Å²) < 4.78 is 0. The molecule has 1 saturated heterocycles. The van der Waals surface area contributed by atoms with Gasteiger partial charge in [-0.05, 0) is 65.9 Å². The number of benzene rings is 1. The third kappa shape index (κ3) is 5.83. The predicted molar refractivity (Wildman–Crippen MR) is 145 cm³/mol. The molecular weight excluding hydrogens is 478 g/mol. The monoisotopic (exact) mass is 507 g/mol. The lowest BCUT2D eigenvalue weighted by Gasteiger charge is -2.39. The van der Waals surface area contributed by atoms with E-state index in [1.54, 1.807) is 35.5 Å². The number of pyridine rings is 2. The zero-order chi connectivity index (χ0) is 25.1. The Morgan fingerprint density at radius 2 is 1.92 bits per heavy atom. The minimum absolute atomic E-state index is 0. The van der Waals surface area contributed by atoms with Crippen LogP contribution in [0, 0.1) is 6.92 Å². The summed E-state index contributed by atoms with van der Waals surface area (Å²) in [6, 6.07) is 11.1. The summed E-state index contributed by atoms with van der Waals surface area (Å²) >= 11 is 0. The fourth-order valence-corrected chi connectivity index (χ4v) is 4.19. The maximum Gasteiger partial charge on any atom is 0.274 e. The molecule has 3 N–H and O–H groups in total. The Balaban J connectivity index is 0.00000361. The Kier molecular flexibility index (Phi) is 8.32. The number of amides is 2. The Morgan fingerprint density at radius 1 is 1.17 bits per heavy atom. The number of nitrogens with one attached hydrogen (secondary N) is 3. The van der Waals surface area contributed by atoms with Crippen molar-refractivity contribution in [1.29, 1.82) is 0 Å². The SMILES string of the molecule is C=CC(=O)N1CC(Nc2cc(-c3ccnc(C(=O)Nc4ccc(C(C)C)c(C)c4)c3)c[nH]c2=O)C1.Cl. The van der Waals surface area contributed by atoms with Gasteiger partial charge in [0.2, 0.25) is 5.91 Å². The van der Waals surface area contributed by atoms with Crippen LogP contribution in [-0.4, -0.2) is 45.8 Å². The number of aromatic nitrogens is 2. The lowest BCUT2D eigenvalue weighted by atomic mass is 9.97. The Hall–Kier alpha value is -3.91. The molecule has 0 saturated carbocycles. The highest BCUT2D eigenvalue weighted by Crippen LogP contribution is 2.24. The molecule has 36 heavy (non-hydrogen) atoms. The van der Waals surface area contributed by atoms with Gasteiger partial charge in [0.15, 0.2) is 0 Å². The first-order chi connectivity index (χ1) is 16.7. The van der Waals surface area contributed by atoms with Crippen LogP contribution in [-0.2, 0) is 4.79 Å². The second kappa shape index (κ2) is 11.2. The second-order valence-electron chi connectivity index (χ2n) is 9.03. The maximum absolute atomic E-state index is 12.9. The zero-order valence-corrected chi connectivity index (χ0v) is 21.3. The van der Waals surface area contributed by atoms with E-state index in [-0.39, 0.29) is 41.5 Å². The van der Waals surface area contributed by atoms with E-state index in [2.05, 4.69) is 41.0 Å². The second-order valence-corrected chi connectivity index (χ2v) is 9.03. The molecule has 1 fully saturated rings. The molecule has 0 bridgehead atoms. The minimum atomic E-state index is -0.312. The third-order valence-corrected chi connectivity index (χ3v) is 6.11. The number of nitrogens with zero attached hydrogens (tertiary/aromatic N) is 2. The van der Waals surface area contributed by atoms with Crippen LogP contribution in [0.15, 0.2) is 66.2 Å². The van der Waals surface area contributed by atoms with Gasteiger partial charge in [-0.2, -0.15) is 0 Å². The number of carbonyl (C=O) groups excluding carboxylic acids is 2. The molecule has 188 valence electrons. The molecular formula is C27H30ClN5O3. The highest BCUT2D eigenvalue weighted by molar-refractivity contribution is 6.03. The van der Waals surface area contributed by atoms with Crippen molar-refractivity contribution in [2.45, 2.75) is 32.7 Å². The number of likely N-dealkylation sites (tertiary alicyclic amines) is 1. The molecule has 1 aromatic carbocycles. The van der Waals surface area contributed by atoms with Gasteiger partial charge >= 0.3 is 0 Å². The largest absolute Gasteiger partial charge is 0.374 e. The Morgan fingerprint density at radius 3 is 2.58 bits per heavy atom. The Labute approximate surface area is 216 Å². The van der Waals surface area contributed by atoms with Crippen molar-refractivity contribution >= 4 is 35.6 Å². The average molecular weight is 508 g/mol. The summed E-state index contributed by atoms with van der Waals surface area (Å²) in [5.74, 6) is -0.0280. The molecule has 2 amide bonds. The van der Waals surface area contributed by atoms with Crippen molar-refractivity contribution in [2.75, 3.05) is 23.7 Å². The standard InChI is InChI=1S/C27H29N5O3.ClH/c1-5-25(33)32-14-21(15-32)30-24-12-19(13-29-26(24)34)18-8-9-28-23(11-18)27(35)31-20-6-7-22(16(2)3)17(4)10-20;/h5-13,16,21,30H,1,14-15H2,2-4H3,(H,29,34)(H,31,35);1H. The van der Waals surface area contributed by atoms with Gasteiger partial charge in [0.25, 0.3) is 11.5 Å². The topological polar surface area (TPSA) is 107 Å². The van der Waals surface area contributed by atoms with E-state index in [0.717, 1.165) is 16.7 Å². The Bertz CT molecular complexity index is 1350. The van der Waals surface area contributed by atoms with Crippen LogP contribution in [0.2, 0.25) is 0 Å². The molecule has 4 rings (SSSR count). The van der Waals surface area contributed by atoms with Gasteiger partial charge in [-0.1, -0.05) is 26.5 Å². The van der Waals surface area contributed by atoms with Crippen LogP contribution in [0.3, 0.4) is 0 Å². The number of carbonyl (C=O) groups is 2. The smallest absolute Gasteiger partial charge is 0.274 e. The predicted octanol–water partition coefficient (Wildman–Crippen LogP) is 4.35. The normalized spacial score (nSPS) is 12.9. The van der Waals surface area contributed by atoms with Gasteiger partial charge < -0.3 is 20.5 Å². The van der Waals surface area contributed by atoms with Gasteiger partial charge in [0, 0.05) is 36.7 Å². The van der Waals surface area contributed by atoms with Crippen molar-refractivity contribution < 1.29 is 9.59 Å². The summed E-state index contributed by atoms with van der Waals surface area (Å²) in [6.07, 6.45) is 4.45. The van der Waals surface area contributed by atoms with Crippen molar-refractivity contribution in [1.82, 2.24) is 14.9 Å². The molecule has 0 aliphatic carbocycles. The number of anilines is 2. The number of aromatic amines is 1. The molecule has 8 nitrogen and oxygen atoms in total. The lowest BCUT2D eigenvalue weighted by molar-refractivity contribution is -0.129. The fourth-order valence-electron chi connectivity index (χ4n) is 4.19. The molecule has 0 atom stereocenters. The van der Waals surface area contributed by atoms with E-state index in [1.807, 2.05) is 25.1 Å². The van der Waals surface area contributed by atoms with E-state index in [1.165, 1.54) is 11.6 Å². The summed E-state index contributed by atoms with van der Waals surface area (Å²) in [6.45, 7) is 10.8. The molecule has 0 radical (unpaired) electrons. The number of rotatable bonds is 7. The number of H-pyrrole nitrogens is 1. The van der Waals surface area contributed by atoms with Gasteiger partial charge in [0.1, 0.15) is 11.4 Å². The van der Waals surface area contributed by atoms with Crippen molar-refractivity contribution in [3.05, 3.63) is 88.6 Å². The quantitative estimate of drug-likeness (QED) is 0.412. The maximum atomic E-state index is 12.9.